The molecule has 0 amide bonds. The van der Waals surface area contributed by atoms with Crippen molar-refractivity contribution in [1.82, 2.24) is 0 Å². The molecule has 0 aliphatic heterocycles. The van der Waals surface area contributed by atoms with Crippen molar-refractivity contribution in [1.29, 1.82) is 0 Å². The molecule has 0 unspecified atom stereocenters. The largest absolute Gasteiger partial charge is 0.466 e. The van der Waals surface area contributed by atoms with Gasteiger partial charge < -0.3 is 24.4 Å². The number of ether oxygens (including phenoxy) is 3. The summed E-state index contributed by atoms with van der Waals surface area (Å²) in [5.74, 6) is -0.105. The number of hydrogen-bond donors (Lipinski definition) is 2. The van der Waals surface area contributed by atoms with Crippen molar-refractivity contribution < 1.29 is 29.2 Å². The van der Waals surface area contributed by atoms with Crippen molar-refractivity contribution in [2.24, 2.45) is 0 Å². The molecule has 0 fully saturated rings. The summed E-state index contributed by atoms with van der Waals surface area (Å²) in [6.45, 7) is 10.7. The Morgan fingerprint density at radius 3 is 1.60 bits per heavy atom. The van der Waals surface area contributed by atoms with Crippen molar-refractivity contribution in [3.05, 3.63) is 0 Å². The van der Waals surface area contributed by atoms with Crippen LogP contribution in [0.4, 0.5) is 0 Å². The summed E-state index contributed by atoms with van der Waals surface area (Å²) < 4.78 is 14.2. The summed E-state index contributed by atoms with van der Waals surface area (Å²) >= 11 is 0. The fourth-order valence-corrected chi connectivity index (χ4v) is 0.753. The van der Waals surface area contributed by atoms with Crippen LogP contribution in [-0.2, 0) is 19.0 Å². The first kappa shape index (κ1) is 24.3. The average molecular weight is 296 g/mol. The van der Waals surface area contributed by atoms with Crippen molar-refractivity contribution in [3.63, 3.8) is 0 Å². The molecule has 0 aromatic heterocycles. The van der Waals surface area contributed by atoms with Crippen LogP contribution in [0.5, 0.6) is 0 Å². The molecule has 2 N–H and O–H groups in total. The highest BCUT2D eigenvalue weighted by atomic mass is 16.5. The lowest BCUT2D eigenvalue weighted by atomic mass is 10.5. The van der Waals surface area contributed by atoms with Gasteiger partial charge >= 0.3 is 5.97 Å². The molecule has 0 heterocycles. The molecule has 0 rings (SSSR count). The molecule has 0 aliphatic carbocycles. The van der Waals surface area contributed by atoms with Gasteiger partial charge in [-0.25, -0.2) is 0 Å². The highest BCUT2D eigenvalue weighted by Crippen LogP contribution is 1.85. The Balaban J connectivity index is -0.000000223. The van der Waals surface area contributed by atoms with Gasteiger partial charge in [-0.2, -0.15) is 0 Å². The first-order valence-electron chi connectivity index (χ1n) is 7.17. The molecule has 0 radical (unpaired) electrons. The zero-order valence-electron chi connectivity index (χ0n) is 13.4. The van der Waals surface area contributed by atoms with Gasteiger partial charge in [0.1, 0.15) is 0 Å². The van der Waals surface area contributed by atoms with Gasteiger partial charge in [-0.1, -0.05) is 13.8 Å². The van der Waals surface area contributed by atoms with Crippen LogP contribution in [0.15, 0.2) is 0 Å². The molecule has 20 heavy (non-hydrogen) atoms. The molecule has 0 spiro atoms. The van der Waals surface area contributed by atoms with Gasteiger partial charge in [-0.15, -0.1) is 0 Å². The second-order valence-electron chi connectivity index (χ2n) is 3.42. The molecular weight excluding hydrogens is 264 g/mol. The van der Waals surface area contributed by atoms with Crippen LogP contribution in [0, 0.1) is 0 Å². The molecule has 0 aromatic carbocycles. The normalized spacial score (nSPS) is 8.90. The van der Waals surface area contributed by atoms with Crippen molar-refractivity contribution >= 4 is 5.97 Å². The minimum absolute atomic E-state index is 0.0278. The van der Waals surface area contributed by atoms with Crippen molar-refractivity contribution in [2.45, 2.75) is 40.5 Å². The summed E-state index contributed by atoms with van der Waals surface area (Å²) in [6.07, 6.45) is 1.39. The second-order valence-corrected chi connectivity index (χ2v) is 3.42. The minimum atomic E-state index is -0.105. The maximum Gasteiger partial charge on any atom is 0.305 e. The fraction of sp³-hybridized carbons (Fsp3) is 0.929. The van der Waals surface area contributed by atoms with Crippen LogP contribution in [0.3, 0.4) is 0 Å². The zero-order chi connectivity index (χ0) is 16.1. The average Bonchev–Trinajstić information content (AvgIpc) is 2.47. The van der Waals surface area contributed by atoms with E-state index in [0.717, 1.165) is 19.6 Å². The lowest BCUT2D eigenvalue weighted by Crippen LogP contribution is -2.03. The monoisotopic (exact) mass is 296 g/mol. The van der Waals surface area contributed by atoms with Crippen molar-refractivity contribution in [3.8, 4) is 0 Å². The van der Waals surface area contributed by atoms with Crippen LogP contribution < -0.4 is 0 Å². The van der Waals surface area contributed by atoms with Gasteiger partial charge in [-0.05, 0) is 20.3 Å². The fourth-order valence-electron chi connectivity index (χ4n) is 0.753. The second kappa shape index (κ2) is 26.8. The van der Waals surface area contributed by atoms with Crippen LogP contribution in [0.25, 0.3) is 0 Å². The molecular formula is C14H32O6. The third-order valence-corrected chi connectivity index (χ3v) is 1.64. The quantitative estimate of drug-likeness (QED) is 0.494. The molecule has 6 nitrogen and oxygen atoms in total. The Bertz CT molecular complexity index is 158. The number of esters is 1. The lowest BCUT2D eigenvalue weighted by Gasteiger charge is -1.97. The predicted molar refractivity (Wildman–Crippen MR) is 78.7 cm³/mol. The highest BCUT2D eigenvalue weighted by molar-refractivity contribution is 5.68. The van der Waals surface area contributed by atoms with Gasteiger partial charge in [0.15, 0.2) is 0 Å². The number of carbonyl (C=O) groups is 1. The summed E-state index contributed by atoms with van der Waals surface area (Å²) in [5, 5.41) is 16.2. The number of hydrogen-bond acceptors (Lipinski definition) is 6. The first-order chi connectivity index (χ1) is 9.64. The van der Waals surface area contributed by atoms with Gasteiger partial charge in [0.25, 0.3) is 0 Å². The van der Waals surface area contributed by atoms with E-state index in [1.54, 1.807) is 6.92 Å². The lowest BCUT2D eigenvalue weighted by molar-refractivity contribution is -0.143. The summed E-state index contributed by atoms with van der Waals surface area (Å²) in [7, 11) is 0. The van der Waals surface area contributed by atoms with Crippen LogP contribution >= 0.6 is 0 Å². The summed E-state index contributed by atoms with van der Waals surface area (Å²) in [6, 6.07) is 0. The molecule has 0 atom stereocenters. The third-order valence-electron chi connectivity index (χ3n) is 1.64. The molecule has 0 aromatic rings. The van der Waals surface area contributed by atoms with E-state index < -0.39 is 0 Å². The van der Waals surface area contributed by atoms with Crippen LogP contribution in [0.2, 0.25) is 0 Å². The zero-order valence-corrected chi connectivity index (χ0v) is 13.4. The maximum atomic E-state index is 10.3. The summed E-state index contributed by atoms with van der Waals surface area (Å²) in [4.78, 5) is 10.3. The van der Waals surface area contributed by atoms with E-state index in [4.69, 9.17) is 19.7 Å². The molecule has 0 bridgehead atoms. The van der Waals surface area contributed by atoms with E-state index >= 15 is 0 Å². The number of aliphatic hydroxyl groups is 2. The number of aliphatic hydroxyl groups excluding tert-OH is 2. The van der Waals surface area contributed by atoms with Crippen molar-refractivity contribution in [2.75, 3.05) is 46.2 Å². The molecule has 124 valence electrons. The van der Waals surface area contributed by atoms with Gasteiger partial charge in [0.2, 0.25) is 0 Å². The van der Waals surface area contributed by atoms with E-state index in [-0.39, 0.29) is 19.2 Å². The van der Waals surface area contributed by atoms with E-state index in [1.165, 1.54) is 0 Å². The Kier molecular flexibility index (Phi) is 32.6. The Morgan fingerprint density at radius 2 is 1.35 bits per heavy atom. The third kappa shape index (κ3) is 36.0. The maximum absolute atomic E-state index is 10.3. The van der Waals surface area contributed by atoms with Crippen LogP contribution in [0.1, 0.15) is 40.5 Å². The number of carbonyl (C=O) groups excluding carboxylic acids is 1. The highest BCUT2D eigenvalue weighted by Gasteiger charge is 1.93. The Labute approximate surface area is 123 Å². The van der Waals surface area contributed by atoms with E-state index in [2.05, 4.69) is 4.74 Å². The van der Waals surface area contributed by atoms with Gasteiger partial charge in [0.05, 0.1) is 33.0 Å². The standard InChI is InChI=1S/C6H12O2.C4H10O3.C4H10O/c1-3-5-8-6(7)4-2;5-1-3-7-4-2-6;1-3-5-4-2/h3-5H2,1-2H3;5-6H,1-4H2;3-4H2,1-2H3. The Hall–Kier alpha value is -0.690. The minimum Gasteiger partial charge on any atom is -0.466 e. The van der Waals surface area contributed by atoms with Gasteiger partial charge in [0, 0.05) is 19.6 Å². The molecule has 0 saturated carbocycles. The number of rotatable bonds is 9. The Morgan fingerprint density at radius 1 is 0.850 bits per heavy atom. The topological polar surface area (TPSA) is 85.2 Å². The molecule has 0 saturated heterocycles. The molecule has 0 aliphatic rings. The van der Waals surface area contributed by atoms with E-state index in [0.29, 0.717) is 26.2 Å². The first-order valence-corrected chi connectivity index (χ1v) is 7.17. The predicted octanol–water partition coefficient (Wildman–Crippen LogP) is 1.38. The SMILES string of the molecule is CCCOC(=O)CC.CCOCC.OCCOCCO. The van der Waals surface area contributed by atoms with Crippen LogP contribution in [-0.4, -0.2) is 62.4 Å². The summed E-state index contributed by atoms with van der Waals surface area (Å²) in [5.41, 5.74) is 0. The molecule has 6 heteroatoms. The smallest absolute Gasteiger partial charge is 0.305 e. The van der Waals surface area contributed by atoms with E-state index in [9.17, 15) is 4.79 Å². The van der Waals surface area contributed by atoms with E-state index in [1.807, 2.05) is 20.8 Å². The van der Waals surface area contributed by atoms with Gasteiger partial charge in [-0.3, -0.25) is 4.79 Å².